The van der Waals surface area contributed by atoms with Gasteiger partial charge < -0.3 is 14.8 Å². The van der Waals surface area contributed by atoms with E-state index in [9.17, 15) is 4.79 Å². The number of carbonyl (C=O) groups is 1. The molecule has 2 aliphatic heterocycles. The highest BCUT2D eigenvalue weighted by molar-refractivity contribution is 6.30. The van der Waals surface area contributed by atoms with E-state index in [4.69, 9.17) is 26.1 Å². The van der Waals surface area contributed by atoms with E-state index in [1.54, 1.807) is 6.33 Å². The molecule has 6 rings (SSSR count). The number of nitrogens with one attached hydrogen (secondary N) is 1. The normalized spacial score (nSPS) is 18.5. The van der Waals surface area contributed by atoms with Crippen LogP contribution in [-0.4, -0.2) is 52.9 Å². The molecule has 4 aromatic rings. The van der Waals surface area contributed by atoms with Gasteiger partial charge in [0.1, 0.15) is 5.69 Å². The molecule has 1 unspecified atom stereocenters. The Morgan fingerprint density at radius 2 is 1.62 bits per heavy atom. The van der Waals surface area contributed by atoms with Crippen LogP contribution in [0.2, 0.25) is 5.02 Å². The second-order valence-electron chi connectivity index (χ2n) is 11.2. The Kier molecular flexibility index (Phi) is 8.89. The number of likely N-dealkylation sites (tertiary alicyclic amines) is 1. The monoisotopic (exact) mass is 584 g/mol. The number of amides is 1. The van der Waals surface area contributed by atoms with E-state index < -0.39 is 6.09 Å². The van der Waals surface area contributed by atoms with Gasteiger partial charge in [0, 0.05) is 30.1 Å². The molecule has 1 atom stereocenters. The minimum atomic E-state index is -0.490. The standard InChI is InChI=1S/C34H37ClN4O3/c35-29-15-13-26(14-16-29)23-39-25-37-31(32(39)42-33(40)36-22-30-12-7-21-41-30)24-38-19-17-34(18-20-38,27-8-3-1-4-9-27)28-10-5-2-6-11-28/h1-6,8-11,13-16,25,30H,7,12,17-24H2,(H,36,40). The molecule has 2 aliphatic rings. The lowest BCUT2D eigenvalue weighted by Gasteiger charge is -2.42. The van der Waals surface area contributed by atoms with Crippen molar-refractivity contribution in [3.05, 3.63) is 119 Å². The zero-order valence-corrected chi connectivity index (χ0v) is 24.5. The lowest BCUT2D eigenvalue weighted by Crippen LogP contribution is -2.43. The van der Waals surface area contributed by atoms with Crippen molar-refractivity contribution in [1.82, 2.24) is 19.8 Å². The Bertz CT molecular complexity index is 1400. The number of hydrogen-bond acceptors (Lipinski definition) is 5. The second-order valence-corrected chi connectivity index (χ2v) is 11.7. The number of imidazole rings is 1. The Balaban J connectivity index is 1.19. The Hall–Kier alpha value is -3.65. The molecule has 3 aromatic carbocycles. The van der Waals surface area contributed by atoms with Crippen molar-refractivity contribution < 1.29 is 14.3 Å². The van der Waals surface area contributed by atoms with Gasteiger partial charge in [-0.2, -0.15) is 0 Å². The van der Waals surface area contributed by atoms with Crippen LogP contribution in [0.1, 0.15) is 48.1 Å². The molecular weight excluding hydrogens is 548 g/mol. The van der Waals surface area contributed by atoms with Gasteiger partial charge in [-0.05, 0) is 67.6 Å². The van der Waals surface area contributed by atoms with Gasteiger partial charge in [-0.25, -0.2) is 9.78 Å². The number of hydrogen-bond donors (Lipinski definition) is 1. The first-order chi connectivity index (χ1) is 20.6. The minimum Gasteiger partial charge on any atom is -0.391 e. The molecular formula is C34H37ClN4O3. The summed E-state index contributed by atoms with van der Waals surface area (Å²) in [5.74, 6) is 0.470. The topological polar surface area (TPSA) is 68.6 Å². The second kappa shape index (κ2) is 13.1. The molecule has 8 heteroatoms. The van der Waals surface area contributed by atoms with E-state index in [-0.39, 0.29) is 11.5 Å². The van der Waals surface area contributed by atoms with Crippen molar-refractivity contribution in [3.8, 4) is 5.88 Å². The third-order valence-corrected chi connectivity index (χ3v) is 8.80. The molecule has 218 valence electrons. The summed E-state index contributed by atoms with van der Waals surface area (Å²) in [6.45, 7) is 4.10. The van der Waals surface area contributed by atoms with Crippen LogP contribution in [-0.2, 0) is 23.2 Å². The van der Waals surface area contributed by atoms with Crippen LogP contribution >= 0.6 is 11.6 Å². The highest BCUT2D eigenvalue weighted by atomic mass is 35.5. The molecule has 0 radical (unpaired) electrons. The summed E-state index contributed by atoms with van der Waals surface area (Å²) < 4.78 is 13.5. The van der Waals surface area contributed by atoms with Crippen LogP contribution in [0.3, 0.4) is 0 Å². The van der Waals surface area contributed by atoms with Crippen LogP contribution < -0.4 is 10.1 Å². The van der Waals surface area contributed by atoms with E-state index in [1.807, 2.05) is 28.8 Å². The predicted octanol–water partition coefficient (Wildman–Crippen LogP) is 6.43. The molecule has 0 saturated carbocycles. The third kappa shape index (κ3) is 6.54. The van der Waals surface area contributed by atoms with E-state index >= 15 is 0 Å². The first kappa shape index (κ1) is 28.5. The van der Waals surface area contributed by atoms with Crippen molar-refractivity contribution in [2.45, 2.75) is 50.3 Å². The van der Waals surface area contributed by atoms with Crippen LogP contribution in [0.5, 0.6) is 5.88 Å². The van der Waals surface area contributed by atoms with Gasteiger partial charge in [-0.15, -0.1) is 0 Å². The maximum atomic E-state index is 12.9. The zero-order valence-electron chi connectivity index (χ0n) is 23.8. The van der Waals surface area contributed by atoms with Crippen molar-refractivity contribution in [2.24, 2.45) is 0 Å². The fourth-order valence-corrected chi connectivity index (χ4v) is 6.35. The summed E-state index contributed by atoms with van der Waals surface area (Å²) in [6, 6.07) is 29.4. The molecule has 2 fully saturated rings. The number of nitrogens with zero attached hydrogens (tertiary/aromatic N) is 3. The average molecular weight is 585 g/mol. The van der Waals surface area contributed by atoms with Gasteiger partial charge in [-0.1, -0.05) is 84.4 Å². The highest BCUT2D eigenvalue weighted by Crippen LogP contribution is 2.42. The summed E-state index contributed by atoms with van der Waals surface area (Å²) in [5.41, 5.74) is 4.48. The summed E-state index contributed by atoms with van der Waals surface area (Å²) >= 11 is 6.10. The van der Waals surface area contributed by atoms with Crippen molar-refractivity contribution in [2.75, 3.05) is 26.2 Å². The molecule has 0 bridgehead atoms. The van der Waals surface area contributed by atoms with E-state index in [2.05, 4.69) is 70.9 Å². The van der Waals surface area contributed by atoms with Crippen molar-refractivity contribution in [1.29, 1.82) is 0 Å². The van der Waals surface area contributed by atoms with Crippen LogP contribution in [0.25, 0.3) is 0 Å². The van der Waals surface area contributed by atoms with Crippen LogP contribution in [0.15, 0.2) is 91.3 Å². The number of piperidine rings is 1. The van der Waals surface area contributed by atoms with Crippen LogP contribution in [0, 0.1) is 0 Å². The number of ether oxygens (including phenoxy) is 2. The molecule has 42 heavy (non-hydrogen) atoms. The maximum Gasteiger partial charge on any atom is 0.414 e. The highest BCUT2D eigenvalue weighted by Gasteiger charge is 2.38. The molecule has 1 N–H and O–H groups in total. The molecule has 0 spiro atoms. The van der Waals surface area contributed by atoms with Crippen molar-refractivity contribution in [3.63, 3.8) is 0 Å². The van der Waals surface area contributed by atoms with E-state index in [1.165, 1.54) is 11.1 Å². The molecule has 3 heterocycles. The number of benzene rings is 3. The number of rotatable bonds is 9. The summed E-state index contributed by atoms with van der Waals surface area (Å²) in [5, 5.41) is 3.56. The number of carbonyl (C=O) groups excluding carboxylic acids is 1. The molecule has 0 aliphatic carbocycles. The Morgan fingerprint density at radius 3 is 2.24 bits per heavy atom. The lowest BCUT2D eigenvalue weighted by atomic mass is 9.68. The smallest absolute Gasteiger partial charge is 0.391 e. The maximum absolute atomic E-state index is 12.9. The zero-order chi connectivity index (χ0) is 28.8. The fourth-order valence-electron chi connectivity index (χ4n) is 6.23. The van der Waals surface area contributed by atoms with Gasteiger partial charge in [0.2, 0.25) is 5.88 Å². The third-order valence-electron chi connectivity index (χ3n) is 8.55. The first-order valence-electron chi connectivity index (χ1n) is 14.8. The Labute approximate surface area is 252 Å². The largest absolute Gasteiger partial charge is 0.414 e. The quantitative estimate of drug-likeness (QED) is 0.245. The predicted molar refractivity (Wildman–Crippen MR) is 164 cm³/mol. The summed E-state index contributed by atoms with van der Waals surface area (Å²) in [7, 11) is 0. The minimum absolute atomic E-state index is 0.0332. The number of aromatic nitrogens is 2. The summed E-state index contributed by atoms with van der Waals surface area (Å²) in [4.78, 5) is 20.0. The lowest BCUT2D eigenvalue weighted by molar-refractivity contribution is 0.108. The Morgan fingerprint density at radius 1 is 0.952 bits per heavy atom. The SMILES string of the molecule is O=C(NCC1CCCO1)Oc1c(CN2CCC(c3ccccc3)(c3ccccc3)CC2)ncn1Cc1ccc(Cl)cc1. The van der Waals surface area contributed by atoms with Gasteiger partial charge >= 0.3 is 6.09 Å². The van der Waals surface area contributed by atoms with Crippen molar-refractivity contribution >= 4 is 17.7 Å². The van der Waals surface area contributed by atoms with Gasteiger partial charge in [0.25, 0.3) is 0 Å². The first-order valence-corrected chi connectivity index (χ1v) is 15.2. The fraction of sp³-hybridized carbons (Fsp3) is 0.353. The molecule has 1 aromatic heterocycles. The molecule has 2 saturated heterocycles. The summed E-state index contributed by atoms with van der Waals surface area (Å²) in [6.07, 6.45) is 5.26. The average Bonchev–Trinajstić information content (AvgIpc) is 3.69. The van der Waals surface area contributed by atoms with Crippen LogP contribution in [0.4, 0.5) is 4.79 Å². The van der Waals surface area contributed by atoms with Gasteiger partial charge in [-0.3, -0.25) is 9.47 Å². The van der Waals surface area contributed by atoms with Gasteiger partial charge in [0.05, 0.1) is 19.0 Å². The van der Waals surface area contributed by atoms with Gasteiger partial charge in [0.15, 0.2) is 0 Å². The molecule has 7 nitrogen and oxygen atoms in total. The molecule has 1 amide bonds. The number of halogens is 1. The van der Waals surface area contributed by atoms with E-state index in [0.29, 0.717) is 30.5 Å². The van der Waals surface area contributed by atoms with E-state index in [0.717, 1.165) is 56.6 Å².